The molecule has 1 rings (SSSR count). The van der Waals surface area contributed by atoms with Crippen molar-refractivity contribution in [2.45, 2.75) is 25.6 Å². The van der Waals surface area contributed by atoms with Gasteiger partial charge in [0, 0.05) is 30.1 Å². The predicted octanol–water partition coefficient (Wildman–Crippen LogP) is 2.50. The molecule has 0 heterocycles. The topological polar surface area (TPSA) is 37.4 Å². The molecule has 0 aromatic heterocycles. The zero-order valence-electron chi connectivity index (χ0n) is 12.0. The van der Waals surface area contributed by atoms with Gasteiger partial charge in [-0.2, -0.15) is 0 Å². The Balaban J connectivity index is 2.64. The molecule has 0 unspecified atom stereocenters. The highest BCUT2D eigenvalue weighted by Crippen LogP contribution is 2.09. The first-order chi connectivity index (χ1) is 9.45. The number of amides is 1. The van der Waals surface area contributed by atoms with Crippen LogP contribution >= 0.6 is 0 Å². The summed E-state index contributed by atoms with van der Waals surface area (Å²) in [6.45, 7) is 3.81. The molecule has 3 nitrogen and oxygen atoms in total. The van der Waals surface area contributed by atoms with Crippen LogP contribution in [0.4, 0.5) is 4.39 Å². The van der Waals surface area contributed by atoms with Gasteiger partial charge < -0.3 is 4.90 Å². The highest BCUT2D eigenvalue weighted by molar-refractivity contribution is 7.86. The fourth-order valence-corrected chi connectivity index (χ4v) is 2.82. The lowest BCUT2D eigenvalue weighted by atomic mass is 10.2. The Morgan fingerprint density at radius 2 is 2.20 bits per heavy atom. The largest absolute Gasteiger partial charge is 0.340 e. The summed E-state index contributed by atoms with van der Waals surface area (Å²) in [7, 11) is 0.406. The van der Waals surface area contributed by atoms with Gasteiger partial charge in [0.05, 0.1) is 0 Å². The fraction of sp³-hybridized carbons (Fsp3) is 0.400. The molecule has 0 saturated heterocycles. The average Bonchev–Trinajstić information content (AvgIpc) is 2.43. The molecule has 0 spiro atoms. The lowest BCUT2D eigenvalue weighted by molar-refractivity contribution is -0.129. The van der Waals surface area contributed by atoms with Crippen molar-refractivity contribution >= 4 is 16.7 Å². The molecular formula is C15H20FNO2S. The first-order valence-electron chi connectivity index (χ1n) is 6.43. The number of halogens is 1. The summed E-state index contributed by atoms with van der Waals surface area (Å²) >= 11 is 0. The van der Waals surface area contributed by atoms with Crippen LogP contribution in [0.5, 0.6) is 0 Å². The van der Waals surface area contributed by atoms with Gasteiger partial charge in [-0.1, -0.05) is 24.3 Å². The molecule has 0 aliphatic heterocycles. The third kappa shape index (κ3) is 4.89. The maximum absolute atomic E-state index is 13.1. The lowest BCUT2D eigenvalue weighted by Crippen LogP contribution is -2.37. The molecular weight excluding hydrogens is 277 g/mol. The monoisotopic (exact) mass is 297 g/mol. The first-order valence-corrected chi connectivity index (χ1v) is 7.81. The molecule has 0 saturated carbocycles. The van der Waals surface area contributed by atoms with E-state index in [4.69, 9.17) is 0 Å². The van der Waals surface area contributed by atoms with Gasteiger partial charge >= 0.3 is 0 Å². The summed E-state index contributed by atoms with van der Waals surface area (Å²) in [6.07, 6.45) is 3.60. The normalized spacial score (nSPS) is 14.2. The SMILES string of the molecule is C/C=C/C[S@@](=O)[C@@H](C)C(=O)N(C)Cc1cccc(F)c1. The second-order valence-corrected chi connectivity index (χ2v) is 6.38. The number of rotatable bonds is 6. The summed E-state index contributed by atoms with van der Waals surface area (Å²) in [4.78, 5) is 13.6. The van der Waals surface area contributed by atoms with Crippen LogP contribution in [-0.2, 0) is 22.1 Å². The second-order valence-electron chi connectivity index (χ2n) is 4.58. The number of hydrogen-bond acceptors (Lipinski definition) is 2. The maximum Gasteiger partial charge on any atom is 0.238 e. The van der Waals surface area contributed by atoms with Crippen LogP contribution in [0.25, 0.3) is 0 Å². The molecule has 0 bridgehead atoms. The molecule has 0 aliphatic carbocycles. The Labute approximate surface area is 121 Å². The Hall–Kier alpha value is -1.49. The highest BCUT2D eigenvalue weighted by atomic mass is 32.2. The molecule has 2 atom stereocenters. The van der Waals surface area contributed by atoms with Gasteiger partial charge in [0.1, 0.15) is 11.1 Å². The summed E-state index contributed by atoms with van der Waals surface area (Å²) < 4.78 is 25.0. The van der Waals surface area contributed by atoms with Gasteiger partial charge in [-0.15, -0.1) is 0 Å². The van der Waals surface area contributed by atoms with Crippen LogP contribution in [-0.4, -0.2) is 33.1 Å². The van der Waals surface area contributed by atoms with Gasteiger partial charge in [0.2, 0.25) is 5.91 Å². The summed E-state index contributed by atoms with van der Waals surface area (Å²) in [5.41, 5.74) is 0.715. The van der Waals surface area contributed by atoms with Crippen LogP contribution in [0.15, 0.2) is 36.4 Å². The van der Waals surface area contributed by atoms with E-state index in [1.165, 1.54) is 17.0 Å². The second kappa shape index (κ2) is 7.94. The Morgan fingerprint density at radius 1 is 1.50 bits per heavy atom. The van der Waals surface area contributed by atoms with Gasteiger partial charge in [-0.25, -0.2) is 4.39 Å². The van der Waals surface area contributed by atoms with Gasteiger partial charge in [-0.05, 0) is 31.5 Å². The number of nitrogens with zero attached hydrogens (tertiary/aromatic N) is 1. The fourth-order valence-electron chi connectivity index (χ4n) is 1.75. The van der Waals surface area contributed by atoms with Crippen LogP contribution in [0.3, 0.4) is 0 Å². The minimum absolute atomic E-state index is 0.197. The van der Waals surface area contributed by atoms with Crippen LogP contribution < -0.4 is 0 Å². The zero-order valence-corrected chi connectivity index (χ0v) is 12.8. The van der Waals surface area contributed by atoms with E-state index in [0.29, 0.717) is 17.9 Å². The lowest BCUT2D eigenvalue weighted by Gasteiger charge is -2.21. The number of carbonyl (C=O) groups excluding carboxylic acids is 1. The molecule has 0 aliphatic rings. The van der Waals surface area contributed by atoms with Crippen molar-refractivity contribution in [3.8, 4) is 0 Å². The molecule has 0 fully saturated rings. The summed E-state index contributed by atoms with van der Waals surface area (Å²) in [6, 6.07) is 6.12. The molecule has 0 N–H and O–H groups in total. The van der Waals surface area contributed by atoms with Gasteiger partial charge in [-0.3, -0.25) is 9.00 Å². The van der Waals surface area contributed by atoms with Crippen LogP contribution in [0, 0.1) is 5.82 Å². The van der Waals surface area contributed by atoms with E-state index in [1.54, 1.807) is 32.2 Å². The van der Waals surface area contributed by atoms with Crippen molar-refractivity contribution in [1.29, 1.82) is 0 Å². The molecule has 1 aromatic rings. The molecule has 5 heteroatoms. The van der Waals surface area contributed by atoms with E-state index in [9.17, 15) is 13.4 Å². The smallest absolute Gasteiger partial charge is 0.238 e. The number of hydrogen-bond donors (Lipinski definition) is 0. The molecule has 110 valence electrons. The number of carbonyl (C=O) groups is 1. The van der Waals surface area contributed by atoms with E-state index in [0.717, 1.165) is 0 Å². The first kappa shape index (κ1) is 16.6. The molecule has 1 aromatic carbocycles. The van der Waals surface area contributed by atoms with Crippen LogP contribution in [0.1, 0.15) is 19.4 Å². The van der Waals surface area contributed by atoms with E-state index < -0.39 is 16.0 Å². The van der Waals surface area contributed by atoms with Crippen molar-refractivity contribution in [2.75, 3.05) is 12.8 Å². The van der Waals surface area contributed by atoms with Crippen molar-refractivity contribution in [2.24, 2.45) is 0 Å². The highest BCUT2D eigenvalue weighted by Gasteiger charge is 2.22. The minimum Gasteiger partial charge on any atom is -0.340 e. The Morgan fingerprint density at radius 3 is 2.80 bits per heavy atom. The van der Waals surface area contributed by atoms with E-state index in [2.05, 4.69) is 0 Å². The van der Waals surface area contributed by atoms with Crippen molar-refractivity contribution in [1.82, 2.24) is 4.90 Å². The zero-order chi connectivity index (χ0) is 15.1. The molecule has 20 heavy (non-hydrogen) atoms. The maximum atomic E-state index is 13.1. The van der Waals surface area contributed by atoms with Gasteiger partial charge in [0.25, 0.3) is 0 Å². The predicted molar refractivity (Wildman–Crippen MR) is 80.2 cm³/mol. The van der Waals surface area contributed by atoms with E-state index in [1.807, 2.05) is 13.0 Å². The minimum atomic E-state index is -1.23. The quantitative estimate of drug-likeness (QED) is 0.757. The Kier molecular flexibility index (Phi) is 6.58. The van der Waals surface area contributed by atoms with Crippen molar-refractivity contribution in [3.63, 3.8) is 0 Å². The van der Waals surface area contributed by atoms with Crippen LogP contribution in [0.2, 0.25) is 0 Å². The van der Waals surface area contributed by atoms with Crippen molar-refractivity contribution in [3.05, 3.63) is 47.8 Å². The molecule has 0 radical (unpaired) electrons. The number of allylic oxidation sites excluding steroid dienone is 1. The third-order valence-corrected chi connectivity index (χ3v) is 4.43. The summed E-state index contributed by atoms with van der Waals surface area (Å²) in [5.74, 6) is -0.151. The summed E-state index contributed by atoms with van der Waals surface area (Å²) in [5, 5.41) is -0.565. The van der Waals surface area contributed by atoms with E-state index >= 15 is 0 Å². The third-order valence-electron chi connectivity index (χ3n) is 2.92. The van der Waals surface area contributed by atoms with Gasteiger partial charge in [0.15, 0.2) is 0 Å². The molecule has 1 amide bonds. The standard InChI is InChI=1S/C15H20FNO2S/c1-4-5-9-20(19)12(2)15(18)17(3)11-13-7-6-8-14(16)10-13/h4-8,10,12H,9,11H2,1-3H3/b5-4+/t12-,20+/m0/s1. The van der Waals surface area contributed by atoms with E-state index in [-0.39, 0.29) is 11.7 Å². The van der Waals surface area contributed by atoms with Crippen molar-refractivity contribution < 1.29 is 13.4 Å². The average molecular weight is 297 g/mol. The number of benzene rings is 1. The Bertz CT molecular complexity index is 516.